The fourth-order valence-corrected chi connectivity index (χ4v) is 3.45. The van der Waals surface area contributed by atoms with Gasteiger partial charge in [-0.05, 0) is 42.4 Å². The van der Waals surface area contributed by atoms with Crippen LogP contribution in [0.5, 0.6) is 0 Å². The summed E-state index contributed by atoms with van der Waals surface area (Å²) in [6.45, 7) is 3.81. The van der Waals surface area contributed by atoms with Gasteiger partial charge in [-0.15, -0.1) is 12.4 Å². The number of benzene rings is 1. The molecule has 2 N–H and O–H groups in total. The van der Waals surface area contributed by atoms with Crippen LogP contribution in [0.1, 0.15) is 43.2 Å². The maximum atomic E-state index is 5.81. The third-order valence-corrected chi connectivity index (χ3v) is 4.78. The van der Waals surface area contributed by atoms with Crippen molar-refractivity contribution in [2.75, 3.05) is 0 Å². The van der Waals surface area contributed by atoms with Crippen LogP contribution in [-0.2, 0) is 13.1 Å². The van der Waals surface area contributed by atoms with Gasteiger partial charge in [-0.2, -0.15) is 5.10 Å². The normalized spacial score (nSPS) is 15.5. The largest absolute Gasteiger partial charge is 0.326 e. The smallest absolute Gasteiger partial charge is 0.0568 e. The Morgan fingerprint density at radius 3 is 2.73 bits per heavy atom. The second kappa shape index (κ2) is 7.80. The van der Waals surface area contributed by atoms with Crippen molar-refractivity contribution < 1.29 is 0 Å². The van der Waals surface area contributed by atoms with E-state index in [4.69, 9.17) is 5.73 Å². The molecule has 1 aliphatic carbocycles. The standard InChI is InChI=1S/C18H25N3.ClH/c1-14-16(10-19)8-5-9-18(14)17-11-20-21(13-17)12-15-6-3-2-4-7-15;/h5,8-9,11,13,15H,2-4,6-7,10,12,19H2,1H3;1H. The summed E-state index contributed by atoms with van der Waals surface area (Å²) in [6, 6.07) is 6.35. The molecule has 0 bridgehead atoms. The Morgan fingerprint density at radius 2 is 2.00 bits per heavy atom. The minimum absolute atomic E-state index is 0. The summed E-state index contributed by atoms with van der Waals surface area (Å²) in [6.07, 6.45) is 11.1. The number of hydrogen-bond acceptors (Lipinski definition) is 2. The first-order valence-electron chi connectivity index (χ1n) is 8.09. The molecule has 0 aliphatic heterocycles. The zero-order valence-electron chi connectivity index (χ0n) is 13.3. The lowest BCUT2D eigenvalue weighted by Gasteiger charge is -2.21. The van der Waals surface area contributed by atoms with Gasteiger partial charge in [0.2, 0.25) is 0 Å². The molecule has 3 nitrogen and oxygen atoms in total. The highest BCUT2D eigenvalue weighted by molar-refractivity contribution is 5.85. The Hall–Kier alpha value is -1.32. The molecule has 1 aliphatic rings. The zero-order chi connectivity index (χ0) is 14.7. The van der Waals surface area contributed by atoms with Gasteiger partial charge in [0.25, 0.3) is 0 Å². The van der Waals surface area contributed by atoms with Gasteiger partial charge in [0, 0.05) is 24.8 Å². The summed E-state index contributed by atoms with van der Waals surface area (Å²) < 4.78 is 2.12. The van der Waals surface area contributed by atoms with Crippen LogP contribution in [-0.4, -0.2) is 9.78 Å². The van der Waals surface area contributed by atoms with E-state index >= 15 is 0 Å². The molecule has 0 radical (unpaired) electrons. The van der Waals surface area contributed by atoms with Crippen molar-refractivity contribution in [3.05, 3.63) is 41.7 Å². The van der Waals surface area contributed by atoms with E-state index in [0.717, 1.165) is 12.5 Å². The average molecular weight is 320 g/mol. The summed E-state index contributed by atoms with van der Waals surface area (Å²) >= 11 is 0. The monoisotopic (exact) mass is 319 g/mol. The van der Waals surface area contributed by atoms with E-state index in [0.29, 0.717) is 6.54 Å². The number of aromatic nitrogens is 2. The van der Waals surface area contributed by atoms with E-state index in [1.807, 2.05) is 6.20 Å². The van der Waals surface area contributed by atoms with Crippen LogP contribution >= 0.6 is 12.4 Å². The highest BCUT2D eigenvalue weighted by Gasteiger charge is 2.15. The quantitative estimate of drug-likeness (QED) is 0.912. The van der Waals surface area contributed by atoms with E-state index in [9.17, 15) is 0 Å². The van der Waals surface area contributed by atoms with Gasteiger partial charge < -0.3 is 5.73 Å². The van der Waals surface area contributed by atoms with Gasteiger partial charge in [-0.1, -0.05) is 37.5 Å². The minimum atomic E-state index is 0. The van der Waals surface area contributed by atoms with Crippen LogP contribution in [0.25, 0.3) is 11.1 Å². The van der Waals surface area contributed by atoms with Crippen molar-refractivity contribution in [1.82, 2.24) is 9.78 Å². The molecule has 3 rings (SSSR count). The first-order chi connectivity index (χ1) is 10.3. The van der Waals surface area contributed by atoms with Crippen molar-refractivity contribution in [2.45, 2.75) is 52.1 Å². The molecule has 1 aromatic carbocycles. The molecular formula is C18H26ClN3. The van der Waals surface area contributed by atoms with Crippen LogP contribution in [0.2, 0.25) is 0 Å². The molecule has 1 heterocycles. The van der Waals surface area contributed by atoms with Crippen LogP contribution in [0.3, 0.4) is 0 Å². The third kappa shape index (κ3) is 3.71. The van der Waals surface area contributed by atoms with Crippen molar-refractivity contribution in [3.8, 4) is 11.1 Å². The van der Waals surface area contributed by atoms with Crippen LogP contribution in [0.15, 0.2) is 30.6 Å². The van der Waals surface area contributed by atoms with Gasteiger partial charge in [0.15, 0.2) is 0 Å². The van der Waals surface area contributed by atoms with E-state index in [1.165, 1.54) is 54.4 Å². The lowest BCUT2D eigenvalue weighted by molar-refractivity contribution is 0.308. The maximum absolute atomic E-state index is 5.81. The summed E-state index contributed by atoms with van der Waals surface area (Å²) in [7, 11) is 0. The van der Waals surface area contributed by atoms with Gasteiger partial charge in [-0.3, -0.25) is 4.68 Å². The molecule has 2 aromatic rings. The molecule has 1 saturated carbocycles. The van der Waals surface area contributed by atoms with Gasteiger partial charge >= 0.3 is 0 Å². The molecule has 0 saturated heterocycles. The number of hydrogen-bond donors (Lipinski definition) is 1. The lowest BCUT2D eigenvalue weighted by Crippen LogP contribution is -2.14. The Labute approximate surface area is 139 Å². The second-order valence-corrected chi connectivity index (χ2v) is 6.25. The van der Waals surface area contributed by atoms with Crippen molar-refractivity contribution in [2.24, 2.45) is 11.7 Å². The average Bonchev–Trinajstić information content (AvgIpc) is 2.97. The third-order valence-electron chi connectivity index (χ3n) is 4.78. The molecule has 0 atom stereocenters. The minimum Gasteiger partial charge on any atom is -0.326 e. The van der Waals surface area contributed by atoms with Gasteiger partial charge in [-0.25, -0.2) is 0 Å². The van der Waals surface area contributed by atoms with E-state index in [-0.39, 0.29) is 12.4 Å². The number of nitrogens with zero attached hydrogens (tertiary/aromatic N) is 2. The van der Waals surface area contributed by atoms with E-state index in [2.05, 4.69) is 41.1 Å². The highest BCUT2D eigenvalue weighted by atomic mass is 35.5. The number of nitrogens with two attached hydrogens (primary N) is 1. The number of halogens is 1. The first-order valence-corrected chi connectivity index (χ1v) is 8.09. The predicted octanol–water partition coefficient (Wildman–Crippen LogP) is 4.32. The summed E-state index contributed by atoms with van der Waals surface area (Å²) in [5.41, 5.74) is 10.8. The van der Waals surface area contributed by atoms with E-state index in [1.54, 1.807) is 0 Å². The molecule has 1 aromatic heterocycles. The Balaban J connectivity index is 0.00000176. The fourth-order valence-electron chi connectivity index (χ4n) is 3.45. The van der Waals surface area contributed by atoms with Crippen molar-refractivity contribution in [3.63, 3.8) is 0 Å². The molecule has 0 amide bonds. The fraction of sp³-hybridized carbons (Fsp3) is 0.500. The zero-order valence-corrected chi connectivity index (χ0v) is 14.1. The first kappa shape index (κ1) is 17.0. The van der Waals surface area contributed by atoms with Crippen molar-refractivity contribution >= 4 is 12.4 Å². The molecule has 1 fully saturated rings. The summed E-state index contributed by atoms with van der Waals surface area (Å²) in [5, 5.41) is 4.57. The molecule has 4 heteroatoms. The van der Waals surface area contributed by atoms with Gasteiger partial charge in [0.1, 0.15) is 0 Å². The topological polar surface area (TPSA) is 43.8 Å². The number of rotatable bonds is 4. The maximum Gasteiger partial charge on any atom is 0.0568 e. The summed E-state index contributed by atoms with van der Waals surface area (Å²) in [4.78, 5) is 0. The predicted molar refractivity (Wildman–Crippen MR) is 94.1 cm³/mol. The molecule has 0 unspecified atom stereocenters. The second-order valence-electron chi connectivity index (χ2n) is 6.25. The van der Waals surface area contributed by atoms with E-state index < -0.39 is 0 Å². The molecular weight excluding hydrogens is 294 g/mol. The molecule has 0 spiro atoms. The Kier molecular flexibility index (Phi) is 6.04. The van der Waals surface area contributed by atoms with Gasteiger partial charge in [0.05, 0.1) is 6.20 Å². The Morgan fingerprint density at radius 1 is 1.23 bits per heavy atom. The SMILES string of the molecule is Cc1c(CN)cccc1-c1cnn(CC2CCCCC2)c1.Cl. The lowest BCUT2D eigenvalue weighted by atomic mass is 9.89. The molecule has 22 heavy (non-hydrogen) atoms. The van der Waals surface area contributed by atoms with Crippen LogP contribution < -0.4 is 5.73 Å². The highest BCUT2D eigenvalue weighted by Crippen LogP contribution is 2.27. The summed E-state index contributed by atoms with van der Waals surface area (Å²) in [5.74, 6) is 0.808. The van der Waals surface area contributed by atoms with Crippen LogP contribution in [0, 0.1) is 12.8 Å². The van der Waals surface area contributed by atoms with Crippen LogP contribution in [0.4, 0.5) is 0 Å². The Bertz CT molecular complexity index is 600. The molecule has 120 valence electrons. The van der Waals surface area contributed by atoms with Crippen molar-refractivity contribution in [1.29, 1.82) is 0 Å².